The van der Waals surface area contributed by atoms with Crippen LogP contribution in [-0.2, 0) is 4.79 Å². The summed E-state index contributed by atoms with van der Waals surface area (Å²) >= 11 is 0. The van der Waals surface area contributed by atoms with Crippen molar-refractivity contribution in [3.05, 3.63) is 24.3 Å². The number of ether oxygens (including phenoxy) is 2. The second-order valence-corrected chi connectivity index (χ2v) is 6.85. The SMILES string of the molecule is COc1ccc(OCC2CCN(C(=O)N[C@H]3CCCNC3=O)CC2)cc1. The third-order valence-corrected chi connectivity index (χ3v) is 5.03. The van der Waals surface area contributed by atoms with Crippen molar-refractivity contribution in [2.45, 2.75) is 31.7 Å². The second-order valence-electron chi connectivity index (χ2n) is 6.85. The van der Waals surface area contributed by atoms with E-state index in [4.69, 9.17) is 9.47 Å². The number of urea groups is 1. The van der Waals surface area contributed by atoms with Crippen LogP contribution >= 0.6 is 0 Å². The van der Waals surface area contributed by atoms with Gasteiger partial charge in [0.25, 0.3) is 0 Å². The average molecular weight is 361 g/mol. The lowest BCUT2D eigenvalue weighted by molar-refractivity contribution is -0.124. The fraction of sp³-hybridized carbons (Fsp3) is 0.579. The fourth-order valence-corrected chi connectivity index (χ4v) is 3.34. The highest BCUT2D eigenvalue weighted by atomic mass is 16.5. The smallest absolute Gasteiger partial charge is 0.318 e. The number of amides is 3. The normalized spacial score (nSPS) is 21.0. The molecule has 0 aliphatic carbocycles. The number of carbonyl (C=O) groups is 2. The summed E-state index contributed by atoms with van der Waals surface area (Å²) in [7, 11) is 1.64. The molecule has 0 spiro atoms. The van der Waals surface area contributed by atoms with E-state index in [-0.39, 0.29) is 11.9 Å². The number of benzene rings is 1. The number of nitrogens with one attached hydrogen (secondary N) is 2. The van der Waals surface area contributed by atoms with Crippen molar-refractivity contribution >= 4 is 11.9 Å². The van der Waals surface area contributed by atoms with Crippen LogP contribution in [0.5, 0.6) is 11.5 Å². The van der Waals surface area contributed by atoms with E-state index in [0.29, 0.717) is 38.6 Å². The zero-order chi connectivity index (χ0) is 18.4. The number of rotatable bonds is 5. The van der Waals surface area contributed by atoms with Crippen molar-refractivity contribution in [3.63, 3.8) is 0 Å². The number of likely N-dealkylation sites (tertiary alicyclic amines) is 1. The lowest BCUT2D eigenvalue weighted by atomic mass is 9.98. The maximum Gasteiger partial charge on any atom is 0.318 e. The van der Waals surface area contributed by atoms with Gasteiger partial charge in [-0.15, -0.1) is 0 Å². The fourth-order valence-electron chi connectivity index (χ4n) is 3.34. The molecule has 0 radical (unpaired) electrons. The van der Waals surface area contributed by atoms with Gasteiger partial charge in [0.2, 0.25) is 5.91 Å². The number of piperidine rings is 2. The first kappa shape index (κ1) is 18.4. The van der Waals surface area contributed by atoms with E-state index in [1.54, 1.807) is 12.0 Å². The molecule has 1 atom stereocenters. The Kier molecular flexibility index (Phi) is 6.20. The molecule has 1 aromatic rings. The van der Waals surface area contributed by atoms with E-state index in [2.05, 4.69) is 10.6 Å². The molecule has 0 bridgehead atoms. The number of hydrogen-bond acceptors (Lipinski definition) is 4. The van der Waals surface area contributed by atoms with E-state index in [1.165, 1.54) is 0 Å². The summed E-state index contributed by atoms with van der Waals surface area (Å²) in [5.41, 5.74) is 0. The minimum Gasteiger partial charge on any atom is -0.497 e. The molecule has 1 aromatic carbocycles. The molecule has 2 heterocycles. The quantitative estimate of drug-likeness (QED) is 0.838. The Balaban J connectivity index is 1.39. The first-order valence-corrected chi connectivity index (χ1v) is 9.25. The Morgan fingerprint density at radius 1 is 1.19 bits per heavy atom. The van der Waals surface area contributed by atoms with Crippen LogP contribution in [0, 0.1) is 5.92 Å². The molecule has 0 saturated carbocycles. The minimum atomic E-state index is -0.396. The lowest BCUT2D eigenvalue weighted by Crippen LogP contribution is -2.54. The van der Waals surface area contributed by atoms with E-state index >= 15 is 0 Å². The Hall–Kier alpha value is -2.44. The molecule has 2 aliphatic heterocycles. The summed E-state index contributed by atoms with van der Waals surface area (Å²) in [6, 6.07) is 7.02. The van der Waals surface area contributed by atoms with Crippen LogP contribution in [0.3, 0.4) is 0 Å². The Morgan fingerprint density at radius 2 is 1.88 bits per heavy atom. The van der Waals surface area contributed by atoms with E-state index in [0.717, 1.165) is 30.8 Å². The summed E-state index contributed by atoms with van der Waals surface area (Å²) in [6.07, 6.45) is 3.42. The van der Waals surface area contributed by atoms with Gasteiger partial charge in [0, 0.05) is 19.6 Å². The average Bonchev–Trinajstić information content (AvgIpc) is 2.69. The summed E-state index contributed by atoms with van der Waals surface area (Å²) in [5, 5.41) is 5.64. The second kappa shape index (κ2) is 8.78. The first-order valence-electron chi connectivity index (χ1n) is 9.25. The molecule has 142 valence electrons. The van der Waals surface area contributed by atoms with Crippen LogP contribution in [-0.4, -0.2) is 56.2 Å². The van der Waals surface area contributed by atoms with Gasteiger partial charge in [-0.25, -0.2) is 4.79 Å². The molecule has 0 unspecified atom stereocenters. The monoisotopic (exact) mass is 361 g/mol. The summed E-state index contributed by atoms with van der Waals surface area (Å²) in [4.78, 5) is 25.9. The Bertz CT molecular complexity index is 612. The van der Waals surface area contributed by atoms with Crippen LogP contribution in [0.25, 0.3) is 0 Å². The van der Waals surface area contributed by atoms with Crippen molar-refractivity contribution in [2.75, 3.05) is 33.4 Å². The molecule has 0 aromatic heterocycles. The van der Waals surface area contributed by atoms with Crippen LogP contribution in [0.2, 0.25) is 0 Å². The highest BCUT2D eigenvalue weighted by Gasteiger charge is 2.28. The molecule has 7 heteroatoms. The first-order chi connectivity index (χ1) is 12.7. The van der Waals surface area contributed by atoms with E-state index < -0.39 is 6.04 Å². The predicted molar refractivity (Wildman–Crippen MR) is 97.3 cm³/mol. The number of hydrogen-bond donors (Lipinski definition) is 2. The third kappa shape index (κ3) is 4.80. The lowest BCUT2D eigenvalue weighted by Gasteiger charge is -2.33. The molecule has 2 fully saturated rings. The largest absolute Gasteiger partial charge is 0.497 e. The zero-order valence-electron chi connectivity index (χ0n) is 15.2. The molecule has 2 aliphatic rings. The Labute approximate surface area is 154 Å². The maximum absolute atomic E-state index is 12.3. The van der Waals surface area contributed by atoms with Gasteiger partial charge >= 0.3 is 6.03 Å². The molecule has 3 amide bonds. The van der Waals surface area contributed by atoms with Gasteiger partial charge in [-0.3, -0.25) is 4.79 Å². The molecule has 2 saturated heterocycles. The van der Waals surface area contributed by atoms with Crippen LogP contribution in [0.4, 0.5) is 4.79 Å². The minimum absolute atomic E-state index is 0.0765. The van der Waals surface area contributed by atoms with Gasteiger partial charge in [-0.2, -0.15) is 0 Å². The topological polar surface area (TPSA) is 79.9 Å². The van der Waals surface area contributed by atoms with Gasteiger partial charge in [-0.1, -0.05) is 0 Å². The van der Waals surface area contributed by atoms with Crippen LogP contribution in [0.15, 0.2) is 24.3 Å². The molecule has 7 nitrogen and oxygen atoms in total. The summed E-state index contributed by atoms with van der Waals surface area (Å²) in [5.74, 6) is 1.99. The van der Waals surface area contributed by atoms with Crippen molar-refractivity contribution in [1.29, 1.82) is 0 Å². The summed E-state index contributed by atoms with van der Waals surface area (Å²) in [6.45, 7) is 2.73. The van der Waals surface area contributed by atoms with Crippen molar-refractivity contribution in [2.24, 2.45) is 5.92 Å². The molecule has 3 rings (SSSR count). The Morgan fingerprint density at radius 3 is 2.54 bits per heavy atom. The predicted octanol–water partition coefficient (Wildman–Crippen LogP) is 1.77. The van der Waals surface area contributed by atoms with Gasteiger partial charge < -0.3 is 25.0 Å². The standard InChI is InChI=1S/C19H27N3O4/c1-25-15-4-6-16(7-5-15)26-13-14-8-11-22(12-9-14)19(24)21-17-3-2-10-20-18(17)23/h4-7,14,17H,2-3,8-13H2,1H3,(H,20,23)(H,21,24)/t17-/m0/s1. The van der Waals surface area contributed by atoms with Crippen molar-refractivity contribution < 1.29 is 19.1 Å². The number of methoxy groups -OCH3 is 1. The van der Waals surface area contributed by atoms with Crippen molar-refractivity contribution in [3.8, 4) is 11.5 Å². The molecular formula is C19H27N3O4. The van der Waals surface area contributed by atoms with Gasteiger partial charge in [0.1, 0.15) is 17.5 Å². The van der Waals surface area contributed by atoms with Gasteiger partial charge in [0.05, 0.1) is 13.7 Å². The molecule has 26 heavy (non-hydrogen) atoms. The zero-order valence-corrected chi connectivity index (χ0v) is 15.2. The molecular weight excluding hydrogens is 334 g/mol. The van der Waals surface area contributed by atoms with Crippen LogP contribution in [0.1, 0.15) is 25.7 Å². The van der Waals surface area contributed by atoms with Crippen molar-refractivity contribution in [1.82, 2.24) is 15.5 Å². The highest BCUT2D eigenvalue weighted by Crippen LogP contribution is 2.21. The number of nitrogens with zero attached hydrogens (tertiary/aromatic N) is 1. The third-order valence-electron chi connectivity index (χ3n) is 5.03. The number of carbonyl (C=O) groups excluding carboxylic acids is 2. The highest BCUT2D eigenvalue weighted by molar-refractivity contribution is 5.87. The van der Waals surface area contributed by atoms with E-state index in [9.17, 15) is 9.59 Å². The van der Waals surface area contributed by atoms with Gasteiger partial charge in [-0.05, 0) is 55.9 Å². The summed E-state index contributed by atoms with van der Waals surface area (Å²) < 4.78 is 11.0. The van der Waals surface area contributed by atoms with Crippen LogP contribution < -0.4 is 20.1 Å². The maximum atomic E-state index is 12.3. The van der Waals surface area contributed by atoms with Gasteiger partial charge in [0.15, 0.2) is 0 Å². The molecule has 2 N–H and O–H groups in total. The van der Waals surface area contributed by atoms with E-state index in [1.807, 2.05) is 24.3 Å².